The van der Waals surface area contributed by atoms with Crippen molar-refractivity contribution in [1.29, 1.82) is 5.26 Å². The Kier molecular flexibility index (Phi) is 4.63. The van der Waals surface area contributed by atoms with Crippen LogP contribution in [0.3, 0.4) is 0 Å². The van der Waals surface area contributed by atoms with Gasteiger partial charge in [0.15, 0.2) is 5.65 Å². The molecule has 0 atom stereocenters. The third-order valence-electron chi connectivity index (χ3n) is 4.51. The first kappa shape index (κ1) is 17.5. The Morgan fingerprint density at radius 3 is 2.85 bits per heavy atom. The highest BCUT2D eigenvalue weighted by Gasteiger charge is 2.17. The maximum Gasteiger partial charge on any atom is 0.253 e. The van der Waals surface area contributed by atoms with Crippen molar-refractivity contribution < 1.29 is 0 Å². The zero-order valence-electron chi connectivity index (χ0n) is 15.1. The second-order valence-corrected chi connectivity index (χ2v) is 6.08. The largest absolute Gasteiger partial charge is 0.382 e. The first-order chi connectivity index (χ1) is 12.5. The summed E-state index contributed by atoms with van der Waals surface area (Å²) in [5, 5.41) is 16.9. The second-order valence-electron chi connectivity index (χ2n) is 6.08. The Labute approximate surface area is 150 Å². The van der Waals surface area contributed by atoms with E-state index in [2.05, 4.69) is 21.5 Å². The minimum atomic E-state index is 0.00231. The highest BCUT2D eigenvalue weighted by molar-refractivity contribution is 5.69. The molecular weight excluding hydrogens is 330 g/mol. The lowest BCUT2D eigenvalue weighted by molar-refractivity contribution is 0.714. The number of rotatable bonds is 5. The molecule has 0 aliphatic rings. The summed E-state index contributed by atoms with van der Waals surface area (Å²) >= 11 is 0. The molecule has 0 radical (unpaired) electrons. The normalized spacial score (nSPS) is 10.8. The number of aryl methyl sites for hydroxylation is 3. The molecule has 0 saturated carbocycles. The van der Waals surface area contributed by atoms with Crippen LogP contribution in [-0.4, -0.2) is 25.7 Å². The molecule has 8 heteroatoms. The molecule has 3 aromatic rings. The van der Waals surface area contributed by atoms with E-state index < -0.39 is 0 Å². The molecule has 0 amide bonds. The number of fused-ring (bicyclic) bond motifs is 1. The summed E-state index contributed by atoms with van der Waals surface area (Å²) in [7, 11) is 0. The van der Waals surface area contributed by atoms with E-state index in [1.807, 2.05) is 32.9 Å². The Morgan fingerprint density at radius 2 is 2.15 bits per heavy atom. The summed E-state index contributed by atoms with van der Waals surface area (Å²) in [4.78, 5) is 16.8. The number of anilines is 2. The van der Waals surface area contributed by atoms with Crippen molar-refractivity contribution >= 4 is 17.3 Å². The molecule has 0 spiro atoms. The summed E-state index contributed by atoms with van der Waals surface area (Å²) < 4.78 is 3.16. The van der Waals surface area contributed by atoms with Crippen LogP contribution in [0.2, 0.25) is 0 Å². The van der Waals surface area contributed by atoms with Crippen molar-refractivity contribution in [3.8, 4) is 6.07 Å². The third-order valence-corrected chi connectivity index (χ3v) is 4.51. The quantitative estimate of drug-likeness (QED) is 0.722. The van der Waals surface area contributed by atoms with Crippen LogP contribution in [0.15, 0.2) is 23.1 Å². The molecule has 0 fully saturated rings. The van der Waals surface area contributed by atoms with Crippen LogP contribution in [0, 0.1) is 25.2 Å². The first-order valence-electron chi connectivity index (χ1n) is 8.45. The molecule has 3 heterocycles. The van der Waals surface area contributed by atoms with E-state index >= 15 is 0 Å². The number of nitrogens with zero attached hydrogens (tertiary/aromatic N) is 5. The number of aromatic nitrogens is 4. The topological polar surface area (TPSA) is 114 Å². The van der Waals surface area contributed by atoms with Crippen molar-refractivity contribution in [3.63, 3.8) is 0 Å². The fourth-order valence-corrected chi connectivity index (χ4v) is 2.86. The molecule has 0 unspecified atom stereocenters. The zero-order chi connectivity index (χ0) is 18.8. The number of hydrogen-bond acceptors (Lipinski definition) is 6. The van der Waals surface area contributed by atoms with E-state index in [4.69, 9.17) is 5.73 Å². The van der Waals surface area contributed by atoms with Crippen LogP contribution < -0.4 is 16.6 Å². The lowest BCUT2D eigenvalue weighted by atomic mass is 10.2. The Bertz CT molecular complexity index is 1070. The zero-order valence-corrected chi connectivity index (χ0v) is 15.1. The molecule has 0 aliphatic carbocycles. The van der Waals surface area contributed by atoms with Gasteiger partial charge in [0.1, 0.15) is 23.3 Å². The number of nitrogen functional groups attached to an aromatic ring is 1. The molecule has 0 saturated heterocycles. The lowest BCUT2D eigenvalue weighted by Crippen LogP contribution is -2.24. The number of nitriles is 1. The molecule has 0 aliphatic heterocycles. The van der Waals surface area contributed by atoms with Crippen LogP contribution in [0.25, 0.3) is 5.65 Å². The predicted molar refractivity (Wildman–Crippen MR) is 100 cm³/mol. The van der Waals surface area contributed by atoms with Crippen LogP contribution in [0.5, 0.6) is 0 Å². The van der Waals surface area contributed by atoms with Crippen molar-refractivity contribution in [2.24, 2.45) is 0 Å². The van der Waals surface area contributed by atoms with Gasteiger partial charge in [-0.15, -0.1) is 0 Å². The van der Waals surface area contributed by atoms with E-state index in [1.165, 1.54) is 4.52 Å². The van der Waals surface area contributed by atoms with E-state index in [1.54, 1.807) is 10.8 Å². The summed E-state index contributed by atoms with van der Waals surface area (Å²) in [5.74, 6) is 0.663. The van der Waals surface area contributed by atoms with Gasteiger partial charge in [-0.25, -0.2) is 4.98 Å². The SMILES string of the molecule is CCn1cccc(CCNc2nc3c(C)c(C)nn3c(N)c2C#N)c1=O. The van der Waals surface area contributed by atoms with Gasteiger partial charge in [-0.2, -0.15) is 14.9 Å². The predicted octanol–water partition coefficient (Wildman–Crippen LogP) is 1.64. The van der Waals surface area contributed by atoms with Gasteiger partial charge in [0.25, 0.3) is 5.56 Å². The lowest BCUT2D eigenvalue weighted by Gasteiger charge is -2.11. The molecule has 134 valence electrons. The highest BCUT2D eigenvalue weighted by Crippen LogP contribution is 2.24. The van der Waals surface area contributed by atoms with Crippen LogP contribution in [-0.2, 0) is 13.0 Å². The third kappa shape index (κ3) is 2.88. The van der Waals surface area contributed by atoms with Crippen molar-refractivity contribution in [2.45, 2.75) is 33.7 Å². The van der Waals surface area contributed by atoms with E-state index in [0.29, 0.717) is 36.5 Å². The molecule has 8 nitrogen and oxygen atoms in total. The summed E-state index contributed by atoms with van der Waals surface area (Å²) in [6.07, 6.45) is 2.29. The summed E-state index contributed by atoms with van der Waals surface area (Å²) in [6, 6.07) is 5.77. The van der Waals surface area contributed by atoms with Gasteiger partial charge < -0.3 is 15.6 Å². The van der Waals surface area contributed by atoms with Crippen molar-refractivity contribution in [3.05, 3.63) is 51.1 Å². The van der Waals surface area contributed by atoms with Gasteiger partial charge in [-0.3, -0.25) is 4.79 Å². The average Bonchev–Trinajstić information content (AvgIpc) is 2.92. The number of nitrogens with one attached hydrogen (secondary N) is 1. The Balaban J connectivity index is 1.89. The molecule has 3 N–H and O–H groups in total. The fourth-order valence-electron chi connectivity index (χ4n) is 2.86. The van der Waals surface area contributed by atoms with Gasteiger partial charge in [-0.1, -0.05) is 6.07 Å². The van der Waals surface area contributed by atoms with E-state index in [0.717, 1.165) is 11.3 Å². The van der Waals surface area contributed by atoms with Crippen molar-refractivity contribution in [2.75, 3.05) is 17.6 Å². The van der Waals surface area contributed by atoms with E-state index in [-0.39, 0.29) is 16.9 Å². The van der Waals surface area contributed by atoms with Crippen LogP contribution in [0.1, 0.15) is 29.3 Å². The average molecular weight is 351 g/mol. The second kappa shape index (κ2) is 6.88. The number of pyridine rings is 1. The smallest absolute Gasteiger partial charge is 0.253 e. The molecular formula is C18H21N7O. The minimum Gasteiger partial charge on any atom is -0.382 e. The molecule has 0 aromatic carbocycles. The molecule has 3 aromatic heterocycles. The van der Waals surface area contributed by atoms with E-state index in [9.17, 15) is 10.1 Å². The van der Waals surface area contributed by atoms with Gasteiger partial charge in [0.05, 0.1) is 5.69 Å². The van der Waals surface area contributed by atoms with Gasteiger partial charge >= 0.3 is 0 Å². The summed E-state index contributed by atoms with van der Waals surface area (Å²) in [6.45, 7) is 6.81. The first-order valence-corrected chi connectivity index (χ1v) is 8.45. The molecule has 3 rings (SSSR count). The molecule has 0 bridgehead atoms. The number of hydrogen-bond donors (Lipinski definition) is 2. The van der Waals surface area contributed by atoms with Gasteiger partial charge in [-0.05, 0) is 33.3 Å². The number of nitrogens with two attached hydrogens (primary N) is 1. The minimum absolute atomic E-state index is 0.00231. The summed E-state index contributed by atoms with van der Waals surface area (Å²) in [5.41, 5.74) is 9.42. The van der Waals surface area contributed by atoms with Crippen LogP contribution in [0.4, 0.5) is 11.6 Å². The maximum absolute atomic E-state index is 12.3. The Hall–Kier alpha value is -3.34. The Morgan fingerprint density at radius 1 is 1.38 bits per heavy atom. The molecule has 26 heavy (non-hydrogen) atoms. The van der Waals surface area contributed by atoms with Gasteiger partial charge in [0.2, 0.25) is 0 Å². The highest BCUT2D eigenvalue weighted by atomic mass is 16.1. The van der Waals surface area contributed by atoms with Crippen LogP contribution >= 0.6 is 0 Å². The van der Waals surface area contributed by atoms with Gasteiger partial charge in [0, 0.05) is 30.4 Å². The maximum atomic E-state index is 12.3. The fraction of sp³-hybridized carbons (Fsp3) is 0.333. The standard InChI is InChI=1S/C18H21N7O/c1-4-24-9-5-6-13(18(24)26)7-8-21-16-14(10-19)15(20)25-17(22-16)11(2)12(3)23-25/h5-6,9H,4,7-8,20H2,1-3H3,(H,21,22). The monoisotopic (exact) mass is 351 g/mol. The van der Waals surface area contributed by atoms with Crippen molar-refractivity contribution in [1.82, 2.24) is 19.2 Å².